The summed E-state index contributed by atoms with van der Waals surface area (Å²) >= 11 is 1.88. The smallest absolute Gasteiger partial charge is 0.0266 e. The monoisotopic (exact) mass is 233 g/mol. The summed E-state index contributed by atoms with van der Waals surface area (Å²) in [5, 5.41) is 2.18. The third-order valence-electron chi connectivity index (χ3n) is 3.34. The molecule has 1 aromatic heterocycles. The van der Waals surface area contributed by atoms with Gasteiger partial charge in [-0.2, -0.15) is 0 Å². The normalized spacial score (nSPS) is 18.0. The Balaban J connectivity index is 1.99. The number of aliphatic imine (C=N–C) groups is 1. The lowest BCUT2D eigenvalue weighted by Crippen LogP contribution is -2.08. The predicted molar refractivity (Wildman–Crippen MR) is 73.2 cm³/mol. The highest BCUT2D eigenvalue weighted by molar-refractivity contribution is 7.10. The molecule has 0 bridgehead atoms. The van der Waals surface area contributed by atoms with Gasteiger partial charge in [-0.1, -0.05) is 32.1 Å². The molecule has 0 aromatic carbocycles. The van der Waals surface area contributed by atoms with Crippen LogP contribution in [-0.2, 0) is 6.42 Å². The topological polar surface area (TPSA) is 12.4 Å². The van der Waals surface area contributed by atoms with Crippen molar-refractivity contribution in [1.29, 1.82) is 0 Å². The van der Waals surface area contributed by atoms with Crippen LogP contribution in [0.25, 0.3) is 6.08 Å². The molecule has 1 aliphatic rings. The Morgan fingerprint density at radius 3 is 2.94 bits per heavy atom. The van der Waals surface area contributed by atoms with Crippen LogP contribution in [0.3, 0.4) is 0 Å². The van der Waals surface area contributed by atoms with E-state index in [1.165, 1.54) is 49.0 Å². The zero-order valence-electron chi connectivity index (χ0n) is 9.69. The van der Waals surface area contributed by atoms with Crippen molar-refractivity contribution in [2.75, 3.05) is 0 Å². The second-order valence-corrected chi connectivity index (χ2v) is 5.51. The Morgan fingerprint density at radius 1 is 1.38 bits per heavy atom. The van der Waals surface area contributed by atoms with Crippen molar-refractivity contribution in [3.8, 4) is 0 Å². The van der Waals surface area contributed by atoms with E-state index in [2.05, 4.69) is 29.2 Å². The first kappa shape index (κ1) is 11.6. The van der Waals surface area contributed by atoms with Gasteiger partial charge in [0.25, 0.3) is 0 Å². The van der Waals surface area contributed by atoms with Gasteiger partial charge >= 0.3 is 0 Å². The average Bonchev–Trinajstić information content (AvgIpc) is 2.75. The average molecular weight is 233 g/mol. The fraction of sp³-hybridized carbons (Fsp3) is 0.500. The van der Waals surface area contributed by atoms with Crippen LogP contribution in [0.1, 0.15) is 42.5 Å². The van der Waals surface area contributed by atoms with Gasteiger partial charge in [-0.15, -0.1) is 11.3 Å². The molecule has 2 heteroatoms. The van der Waals surface area contributed by atoms with E-state index in [0.29, 0.717) is 0 Å². The second kappa shape index (κ2) is 6.00. The fourth-order valence-corrected chi connectivity index (χ4v) is 3.43. The van der Waals surface area contributed by atoms with Crippen LogP contribution in [0.15, 0.2) is 22.6 Å². The Labute approximate surface area is 102 Å². The molecule has 0 atom stereocenters. The van der Waals surface area contributed by atoms with Crippen LogP contribution >= 0.6 is 11.3 Å². The minimum atomic E-state index is 0.913. The highest BCUT2D eigenvalue weighted by Gasteiger charge is 2.15. The molecule has 1 aliphatic carbocycles. The van der Waals surface area contributed by atoms with E-state index < -0.39 is 0 Å². The summed E-state index contributed by atoms with van der Waals surface area (Å²) in [6.45, 7) is 3.47. The first-order chi connectivity index (χ1) is 7.90. The zero-order chi connectivity index (χ0) is 11.2. The predicted octanol–water partition coefficient (Wildman–Crippen LogP) is 4.54. The SMILES string of the molecule is C=N/C=C/c1ccsc1CC1CCCCC1. The molecule has 0 saturated heterocycles. The summed E-state index contributed by atoms with van der Waals surface area (Å²) in [4.78, 5) is 5.29. The number of hydrogen-bond donors (Lipinski definition) is 0. The van der Waals surface area contributed by atoms with Crippen molar-refractivity contribution in [1.82, 2.24) is 0 Å². The third kappa shape index (κ3) is 3.05. The van der Waals surface area contributed by atoms with E-state index in [1.54, 1.807) is 6.20 Å². The summed E-state index contributed by atoms with van der Waals surface area (Å²) in [6.07, 6.45) is 12.2. The third-order valence-corrected chi connectivity index (χ3v) is 4.30. The van der Waals surface area contributed by atoms with Crippen molar-refractivity contribution < 1.29 is 0 Å². The first-order valence-electron chi connectivity index (χ1n) is 6.09. The summed E-state index contributed by atoms with van der Waals surface area (Å²) in [6, 6.07) is 2.19. The molecule has 1 fully saturated rings. The quantitative estimate of drug-likeness (QED) is 0.677. The van der Waals surface area contributed by atoms with Crippen LogP contribution in [0, 0.1) is 5.92 Å². The van der Waals surface area contributed by atoms with E-state index >= 15 is 0 Å². The van der Waals surface area contributed by atoms with Gasteiger partial charge < -0.3 is 0 Å². The Kier molecular flexibility index (Phi) is 4.34. The van der Waals surface area contributed by atoms with Gasteiger partial charge in [-0.05, 0) is 42.1 Å². The lowest BCUT2D eigenvalue weighted by Gasteiger charge is -2.21. The molecule has 0 aliphatic heterocycles. The molecule has 0 spiro atoms. The van der Waals surface area contributed by atoms with Crippen LogP contribution in [0.5, 0.6) is 0 Å². The van der Waals surface area contributed by atoms with Gasteiger partial charge in [-0.3, -0.25) is 4.99 Å². The summed E-state index contributed by atoms with van der Waals surface area (Å²) < 4.78 is 0. The number of rotatable bonds is 4. The van der Waals surface area contributed by atoms with E-state index in [4.69, 9.17) is 0 Å². The highest BCUT2D eigenvalue weighted by atomic mass is 32.1. The minimum absolute atomic E-state index is 0.913. The van der Waals surface area contributed by atoms with Gasteiger partial charge in [0.05, 0.1) is 0 Å². The molecule has 16 heavy (non-hydrogen) atoms. The van der Waals surface area contributed by atoms with Crippen molar-refractivity contribution in [3.63, 3.8) is 0 Å². The zero-order valence-corrected chi connectivity index (χ0v) is 10.5. The van der Waals surface area contributed by atoms with E-state index in [9.17, 15) is 0 Å². The summed E-state index contributed by atoms with van der Waals surface area (Å²) in [7, 11) is 0. The number of hydrogen-bond acceptors (Lipinski definition) is 2. The van der Waals surface area contributed by atoms with Crippen molar-refractivity contribution >= 4 is 24.1 Å². The molecule has 86 valence electrons. The molecule has 0 N–H and O–H groups in total. The van der Waals surface area contributed by atoms with Crippen LogP contribution in [0.2, 0.25) is 0 Å². The molecule has 1 saturated carbocycles. The molecule has 0 radical (unpaired) electrons. The van der Waals surface area contributed by atoms with Crippen molar-refractivity contribution in [3.05, 3.63) is 28.1 Å². The molecule has 1 nitrogen and oxygen atoms in total. The van der Waals surface area contributed by atoms with Gasteiger partial charge in [0.15, 0.2) is 0 Å². The number of thiophene rings is 1. The largest absolute Gasteiger partial charge is 0.272 e. The Bertz CT molecular complexity index is 359. The molecule has 1 aromatic rings. The van der Waals surface area contributed by atoms with Gasteiger partial charge in [0.1, 0.15) is 0 Å². The second-order valence-electron chi connectivity index (χ2n) is 4.51. The lowest BCUT2D eigenvalue weighted by molar-refractivity contribution is 0.358. The fourth-order valence-electron chi connectivity index (χ4n) is 2.45. The van der Waals surface area contributed by atoms with Crippen LogP contribution < -0.4 is 0 Å². The highest BCUT2D eigenvalue weighted by Crippen LogP contribution is 2.30. The molecular weight excluding hydrogens is 214 g/mol. The standard InChI is InChI=1S/C14H19NS/c1-15-9-7-13-8-10-16-14(13)11-12-5-3-2-4-6-12/h7-10,12H,1-6,11H2/b9-7+. The minimum Gasteiger partial charge on any atom is -0.272 e. The van der Waals surface area contributed by atoms with Crippen LogP contribution in [-0.4, -0.2) is 6.72 Å². The maximum Gasteiger partial charge on any atom is 0.0266 e. The maximum atomic E-state index is 3.77. The maximum absolute atomic E-state index is 3.77. The Morgan fingerprint density at radius 2 is 2.19 bits per heavy atom. The van der Waals surface area contributed by atoms with Gasteiger partial charge in [0, 0.05) is 11.1 Å². The lowest BCUT2D eigenvalue weighted by atomic mass is 9.86. The van der Waals surface area contributed by atoms with E-state index in [1.807, 2.05) is 11.3 Å². The first-order valence-corrected chi connectivity index (χ1v) is 6.97. The Hall–Kier alpha value is -0.890. The summed E-state index contributed by atoms with van der Waals surface area (Å²) in [5.41, 5.74) is 1.34. The van der Waals surface area contributed by atoms with E-state index in [0.717, 1.165) is 5.92 Å². The molecule has 1 heterocycles. The molecular formula is C14H19NS. The molecule has 0 amide bonds. The van der Waals surface area contributed by atoms with Gasteiger partial charge in [0.2, 0.25) is 0 Å². The van der Waals surface area contributed by atoms with Crippen molar-refractivity contribution in [2.45, 2.75) is 38.5 Å². The van der Waals surface area contributed by atoms with Crippen LogP contribution in [0.4, 0.5) is 0 Å². The molecule has 2 rings (SSSR count). The molecule has 0 unspecified atom stereocenters. The number of nitrogens with zero attached hydrogens (tertiary/aromatic N) is 1. The van der Waals surface area contributed by atoms with Crippen molar-refractivity contribution in [2.24, 2.45) is 10.9 Å². The summed E-state index contributed by atoms with van der Waals surface area (Å²) in [5.74, 6) is 0.913. The van der Waals surface area contributed by atoms with E-state index in [-0.39, 0.29) is 0 Å². The van der Waals surface area contributed by atoms with Gasteiger partial charge in [-0.25, -0.2) is 0 Å².